The molecule has 100 valence electrons. The number of rotatable bonds is 6. The number of aryl methyl sites for hydroxylation is 1. The van der Waals surface area contributed by atoms with E-state index in [0.717, 1.165) is 13.0 Å². The highest BCUT2D eigenvalue weighted by Crippen LogP contribution is 2.18. The molecule has 0 aliphatic heterocycles. The van der Waals surface area contributed by atoms with Gasteiger partial charge in [-0.1, -0.05) is 0 Å². The molecule has 0 bridgehead atoms. The van der Waals surface area contributed by atoms with Gasteiger partial charge in [-0.3, -0.25) is 14.8 Å². The van der Waals surface area contributed by atoms with Crippen molar-refractivity contribution in [3.63, 3.8) is 0 Å². The molecule has 2 rings (SSSR count). The average Bonchev–Trinajstić information content (AvgIpc) is 2.87. The van der Waals surface area contributed by atoms with Crippen LogP contribution in [0.2, 0.25) is 0 Å². The highest BCUT2D eigenvalue weighted by molar-refractivity contribution is 5.52. The van der Waals surface area contributed by atoms with Crippen LogP contribution in [0.25, 0.3) is 0 Å². The Morgan fingerprint density at radius 2 is 2.32 bits per heavy atom. The Hall–Kier alpha value is -2.64. The Morgan fingerprint density at radius 3 is 3.00 bits per heavy atom. The van der Waals surface area contributed by atoms with Crippen molar-refractivity contribution in [1.82, 2.24) is 14.8 Å². The van der Waals surface area contributed by atoms with Gasteiger partial charge >= 0.3 is 0 Å². The minimum absolute atomic E-state index is 0.0675. The molecule has 0 saturated heterocycles. The van der Waals surface area contributed by atoms with Crippen LogP contribution in [-0.4, -0.2) is 26.2 Å². The predicted molar refractivity (Wildman–Crippen MR) is 70.6 cm³/mol. The zero-order valence-corrected chi connectivity index (χ0v) is 10.2. The van der Waals surface area contributed by atoms with Crippen molar-refractivity contribution in [2.24, 2.45) is 0 Å². The first-order valence-corrected chi connectivity index (χ1v) is 5.78. The molecule has 0 aromatic carbocycles. The summed E-state index contributed by atoms with van der Waals surface area (Å²) in [5.74, 6) is 0.538. The number of hydrogen-bond acceptors (Lipinski definition) is 6. The van der Waals surface area contributed by atoms with E-state index in [1.54, 1.807) is 6.20 Å². The summed E-state index contributed by atoms with van der Waals surface area (Å²) in [7, 11) is 0. The van der Waals surface area contributed by atoms with Gasteiger partial charge in [-0.15, -0.1) is 0 Å². The summed E-state index contributed by atoms with van der Waals surface area (Å²) in [6.07, 6.45) is 4.42. The molecule has 0 aliphatic carbocycles. The van der Waals surface area contributed by atoms with E-state index in [9.17, 15) is 10.1 Å². The van der Waals surface area contributed by atoms with Crippen molar-refractivity contribution in [3.05, 3.63) is 40.7 Å². The zero-order valence-electron chi connectivity index (χ0n) is 10.2. The van der Waals surface area contributed by atoms with Crippen LogP contribution in [0, 0.1) is 10.1 Å². The lowest BCUT2D eigenvalue weighted by atomic mass is 10.3. The van der Waals surface area contributed by atoms with Gasteiger partial charge < -0.3 is 11.1 Å². The first kappa shape index (κ1) is 12.8. The van der Waals surface area contributed by atoms with E-state index >= 15 is 0 Å². The number of anilines is 2. The third-order valence-electron chi connectivity index (χ3n) is 2.47. The van der Waals surface area contributed by atoms with Gasteiger partial charge in [0.05, 0.1) is 17.1 Å². The summed E-state index contributed by atoms with van der Waals surface area (Å²) in [6, 6.07) is 4.45. The van der Waals surface area contributed by atoms with Gasteiger partial charge in [-0.05, 0) is 12.5 Å². The van der Waals surface area contributed by atoms with Gasteiger partial charge in [0.25, 0.3) is 5.69 Å². The second kappa shape index (κ2) is 5.80. The van der Waals surface area contributed by atoms with Crippen LogP contribution in [0.4, 0.5) is 17.3 Å². The fraction of sp³-hybridized carbons (Fsp3) is 0.273. The molecule has 3 N–H and O–H groups in total. The summed E-state index contributed by atoms with van der Waals surface area (Å²) < 4.78 is 1.82. The Bertz CT molecular complexity index is 554. The van der Waals surface area contributed by atoms with Crippen LogP contribution < -0.4 is 11.1 Å². The third kappa shape index (κ3) is 3.66. The molecule has 0 spiro atoms. The van der Waals surface area contributed by atoms with Crippen molar-refractivity contribution in [2.45, 2.75) is 13.0 Å². The van der Waals surface area contributed by atoms with Crippen molar-refractivity contribution in [3.8, 4) is 0 Å². The molecule has 2 aromatic rings. The highest BCUT2D eigenvalue weighted by atomic mass is 16.6. The maximum absolute atomic E-state index is 10.7. The normalized spacial score (nSPS) is 10.3. The van der Waals surface area contributed by atoms with Crippen molar-refractivity contribution >= 4 is 17.3 Å². The quantitative estimate of drug-likeness (QED) is 0.460. The summed E-state index contributed by atoms with van der Waals surface area (Å²) in [5.41, 5.74) is 5.44. The molecule has 2 aromatic heterocycles. The molecule has 2 heterocycles. The predicted octanol–water partition coefficient (Wildman–Crippen LogP) is 1.27. The number of aromatic nitrogens is 3. The molecule has 0 radical (unpaired) electrons. The van der Waals surface area contributed by atoms with E-state index in [0.29, 0.717) is 12.4 Å². The van der Waals surface area contributed by atoms with E-state index in [-0.39, 0.29) is 11.5 Å². The number of nitro groups is 1. The Kier molecular flexibility index (Phi) is 3.91. The topological polar surface area (TPSA) is 112 Å². The van der Waals surface area contributed by atoms with Gasteiger partial charge in [0.1, 0.15) is 11.6 Å². The van der Waals surface area contributed by atoms with Gasteiger partial charge in [-0.2, -0.15) is 5.10 Å². The highest BCUT2D eigenvalue weighted by Gasteiger charge is 2.09. The fourth-order valence-corrected chi connectivity index (χ4v) is 1.62. The SMILES string of the molecule is Nc1cc([N+](=O)[O-])cc(NCCCn2cccn2)n1. The molecular formula is C11H14N6O2. The molecule has 0 saturated carbocycles. The number of nitrogens with two attached hydrogens (primary N) is 1. The van der Waals surface area contributed by atoms with Crippen LogP contribution in [0.1, 0.15) is 6.42 Å². The van der Waals surface area contributed by atoms with Crippen molar-refractivity contribution in [2.75, 3.05) is 17.6 Å². The van der Waals surface area contributed by atoms with E-state index in [1.165, 1.54) is 12.1 Å². The number of nitrogens with one attached hydrogen (secondary N) is 1. The Labute approximate surface area is 109 Å². The summed E-state index contributed by atoms with van der Waals surface area (Å²) >= 11 is 0. The Morgan fingerprint density at radius 1 is 1.47 bits per heavy atom. The lowest BCUT2D eigenvalue weighted by Crippen LogP contribution is -2.09. The molecule has 8 heteroatoms. The molecular weight excluding hydrogens is 248 g/mol. The van der Waals surface area contributed by atoms with E-state index in [2.05, 4.69) is 15.4 Å². The summed E-state index contributed by atoms with van der Waals surface area (Å²) in [4.78, 5) is 14.2. The smallest absolute Gasteiger partial charge is 0.276 e. The molecule has 0 unspecified atom stereocenters. The lowest BCUT2D eigenvalue weighted by molar-refractivity contribution is -0.384. The van der Waals surface area contributed by atoms with Crippen LogP contribution in [-0.2, 0) is 6.54 Å². The monoisotopic (exact) mass is 262 g/mol. The van der Waals surface area contributed by atoms with Gasteiger partial charge in [-0.25, -0.2) is 4.98 Å². The standard InChI is InChI=1S/C11H14N6O2/c12-10-7-9(17(18)19)8-11(15-10)13-3-1-5-16-6-2-4-14-16/h2,4,6-8H,1,3,5H2,(H3,12,13,15). The van der Waals surface area contributed by atoms with Crippen LogP contribution in [0.5, 0.6) is 0 Å². The van der Waals surface area contributed by atoms with Crippen LogP contribution in [0.3, 0.4) is 0 Å². The molecule has 0 atom stereocenters. The van der Waals surface area contributed by atoms with Gasteiger partial charge in [0.15, 0.2) is 0 Å². The first-order valence-electron chi connectivity index (χ1n) is 5.78. The number of nitrogen functional groups attached to an aromatic ring is 1. The Balaban J connectivity index is 1.87. The molecule has 0 fully saturated rings. The average molecular weight is 262 g/mol. The van der Waals surface area contributed by atoms with Crippen molar-refractivity contribution < 1.29 is 4.92 Å². The number of pyridine rings is 1. The minimum atomic E-state index is -0.493. The van der Waals surface area contributed by atoms with Crippen molar-refractivity contribution in [1.29, 1.82) is 0 Å². The minimum Gasteiger partial charge on any atom is -0.383 e. The maximum atomic E-state index is 10.7. The number of hydrogen-bond donors (Lipinski definition) is 2. The second-order valence-electron chi connectivity index (χ2n) is 3.94. The molecule has 0 amide bonds. The third-order valence-corrected chi connectivity index (χ3v) is 2.47. The second-order valence-corrected chi connectivity index (χ2v) is 3.94. The van der Waals surface area contributed by atoms with Crippen LogP contribution in [0.15, 0.2) is 30.6 Å². The first-order chi connectivity index (χ1) is 9.15. The number of nitrogens with zero attached hydrogens (tertiary/aromatic N) is 4. The summed E-state index contributed by atoms with van der Waals surface area (Å²) in [6.45, 7) is 1.40. The largest absolute Gasteiger partial charge is 0.383 e. The van der Waals surface area contributed by atoms with E-state index in [1.807, 2.05) is 16.9 Å². The lowest BCUT2D eigenvalue weighted by Gasteiger charge is -2.06. The molecule has 19 heavy (non-hydrogen) atoms. The fourth-order valence-electron chi connectivity index (χ4n) is 1.62. The zero-order chi connectivity index (χ0) is 13.7. The van der Waals surface area contributed by atoms with Gasteiger partial charge in [0.2, 0.25) is 0 Å². The van der Waals surface area contributed by atoms with E-state index in [4.69, 9.17) is 5.73 Å². The van der Waals surface area contributed by atoms with Crippen LogP contribution >= 0.6 is 0 Å². The summed E-state index contributed by atoms with van der Waals surface area (Å²) in [5, 5.41) is 17.8. The van der Waals surface area contributed by atoms with E-state index < -0.39 is 4.92 Å². The maximum Gasteiger partial charge on any atom is 0.276 e. The molecule has 8 nitrogen and oxygen atoms in total. The molecule has 0 aliphatic rings. The van der Waals surface area contributed by atoms with Gasteiger partial charge in [0, 0.05) is 25.5 Å².